The lowest BCUT2D eigenvalue weighted by Gasteiger charge is -2.15. The average Bonchev–Trinajstić information content (AvgIpc) is 2.96. The monoisotopic (exact) mass is 325 g/mol. The van der Waals surface area contributed by atoms with E-state index in [4.69, 9.17) is 21.3 Å². The van der Waals surface area contributed by atoms with E-state index in [1.54, 1.807) is 18.4 Å². The molecule has 0 aromatic carbocycles. The van der Waals surface area contributed by atoms with Gasteiger partial charge in [0.2, 0.25) is 0 Å². The van der Waals surface area contributed by atoms with E-state index < -0.39 is 0 Å². The first-order valence-electron chi connectivity index (χ1n) is 7.22. The summed E-state index contributed by atoms with van der Waals surface area (Å²) in [5.41, 5.74) is 1.20. The van der Waals surface area contributed by atoms with Gasteiger partial charge in [-0.2, -0.15) is 0 Å². The second-order valence-corrected chi connectivity index (χ2v) is 7.30. The van der Waals surface area contributed by atoms with Gasteiger partial charge in [0.15, 0.2) is 0 Å². The van der Waals surface area contributed by atoms with Crippen molar-refractivity contribution in [3.05, 3.63) is 21.4 Å². The Bertz CT molecular complexity index is 658. The number of aryl methyl sites for hydroxylation is 2. The van der Waals surface area contributed by atoms with Crippen molar-refractivity contribution in [1.29, 1.82) is 0 Å². The number of fused-ring (bicyclic) bond motifs is 1. The van der Waals surface area contributed by atoms with Gasteiger partial charge in [-0.25, -0.2) is 9.97 Å². The normalized spacial score (nSPS) is 19.7. The molecule has 0 spiro atoms. The minimum absolute atomic E-state index is 0.587. The second kappa shape index (κ2) is 6.16. The fourth-order valence-corrected chi connectivity index (χ4v) is 4.37. The molecule has 21 heavy (non-hydrogen) atoms. The van der Waals surface area contributed by atoms with Gasteiger partial charge in [0.25, 0.3) is 0 Å². The Kier molecular flexibility index (Phi) is 4.45. The average molecular weight is 326 g/mol. The molecule has 2 aromatic rings. The van der Waals surface area contributed by atoms with Crippen LogP contribution in [0.4, 0.5) is 0 Å². The van der Waals surface area contributed by atoms with E-state index in [0.717, 1.165) is 42.3 Å². The maximum absolute atomic E-state index is 6.36. The zero-order valence-electron chi connectivity index (χ0n) is 12.6. The smallest absolute Gasteiger partial charge is 0.145 e. The highest BCUT2D eigenvalue weighted by molar-refractivity contribution is 7.18. The second-order valence-electron chi connectivity index (χ2n) is 5.74. The van der Waals surface area contributed by atoms with Gasteiger partial charge in [-0.3, -0.25) is 4.90 Å². The van der Waals surface area contributed by atoms with Gasteiger partial charge in [-0.05, 0) is 38.3 Å². The topological polar surface area (TPSA) is 38.2 Å². The Balaban J connectivity index is 1.79. The van der Waals surface area contributed by atoms with E-state index in [0.29, 0.717) is 11.1 Å². The molecule has 0 radical (unpaired) electrons. The van der Waals surface area contributed by atoms with Crippen LogP contribution < -0.4 is 0 Å². The van der Waals surface area contributed by atoms with Crippen molar-refractivity contribution in [2.45, 2.75) is 26.8 Å². The first-order valence-corrected chi connectivity index (χ1v) is 8.41. The summed E-state index contributed by atoms with van der Waals surface area (Å²) in [6, 6.07) is 0. The van der Waals surface area contributed by atoms with Crippen LogP contribution in [0.15, 0.2) is 0 Å². The summed E-state index contributed by atoms with van der Waals surface area (Å²) in [5.74, 6) is 1.45. The quantitative estimate of drug-likeness (QED) is 0.807. The highest BCUT2D eigenvalue weighted by atomic mass is 35.5. The number of hydrogen-bond acceptors (Lipinski definition) is 5. The molecule has 0 amide bonds. The van der Waals surface area contributed by atoms with E-state index in [2.05, 4.69) is 23.7 Å². The van der Waals surface area contributed by atoms with Crippen LogP contribution >= 0.6 is 22.9 Å². The van der Waals surface area contributed by atoms with Crippen molar-refractivity contribution in [1.82, 2.24) is 14.9 Å². The Morgan fingerprint density at radius 1 is 1.38 bits per heavy atom. The third-order valence-corrected chi connectivity index (χ3v) is 5.54. The molecule has 3 rings (SSSR count). The number of ether oxygens (including phenoxy) is 1. The highest BCUT2D eigenvalue weighted by Crippen LogP contribution is 2.33. The van der Waals surface area contributed by atoms with Gasteiger partial charge in [0.05, 0.1) is 18.5 Å². The minimum Gasteiger partial charge on any atom is -0.384 e. The summed E-state index contributed by atoms with van der Waals surface area (Å²) in [6.07, 6.45) is 1.18. The number of aromatic nitrogens is 2. The number of nitrogens with zero attached hydrogens (tertiary/aromatic N) is 3. The molecule has 0 aliphatic carbocycles. The molecule has 114 valence electrons. The fraction of sp³-hybridized carbons (Fsp3) is 0.600. The Morgan fingerprint density at radius 3 is 2.95 bits per heavy atom. The Hall–Kier alpha value is -0.750. The Morgan fingerprint density at radius 2 is 2.19 bits per heavy atom. The summed E-state index contributed by atoms with van der Waals surface area (Å²) in [4.78, 5) is 13.9. The van der Waals surface area contributed by atoms with E-state index in [1.807, 2.05) is 0 Å². The van der Waals surface area contributed by atoms with E-state index in [9.17, 15) is 0 Å². The molecule has 3 heterocycles. The van der Waals surface area contributed by atoms with Gasteiger partial charge >= 0.3 is 0 Å². The zero-order chi connectivity index (χ0) is 15.0. The summed E-state index contributed by atoms with van der Waals surface area (Å²) in [5, 5.41) is 1.60. The minimum atomic E-state index is 0.587. The Labute approximate surface area is 134 Å². The van der Waals surface area contributed by atoms with Crippen LogP contribution in [0, 0.1) is 19.8 Å². The molecule has 1 aliphatic rings. The molecule has 6 heteroatoms. The number of rotatable bonds is 4. The highest BCUT2D eigenvalue weighted by Gasteiger charge is 2.23. The summed E-state index contributed by atoms with van der Waals surface area (Å²) >= 11 is 8.06. The first-order chi connectivity index (χ1) is 10.1. The number of likely N-dealkylation sites (tertiary alicyclic amines) is 1. The zero-order valence-corrected chi connectivity index (χ0v) is 14.2. The molecule has 4 nitrogen and oxygen atoms in total. The lowest BCUT2D eigenvalue weighted by molar-refractivity contribution is 0.152. The lowest BCUT2D eigenvalue weighted by Crippen LogP contribution is -2.22. The predicted molar refractivity (Wildman–Crippen MR) is 87.2 cm³/mol. The van der Waals surface area contributed by atoms with E-state index >= 15 is 0 Å². The van der Waals surface area contributed by atoms with Gasteiger partial charge < -0.3 is 4.74 Å². The number of thiophene rings is 1. The van der Waals surface area contributed by atoms with Crippen LogP contribution in [0.5, 0.6) is 0 Å². The predicted octanol–water partition coefficient (Wildman–Crippen LogP) is 3.43. The first kappa shape index (κ1) is 15.2. The summed E-state index contributed by atoms with van der Waals surface area (Å²) in [7, 11) is 1.76. The van der Waals surface area contributed by atoms with Gasteiger partial charge in [-0.1, -0.05) is 11.6 Å². The molecular weight excluding hydrogens is 306 g/mol. The van der Waals surface area contributed by atoms with Crippen LogP contribution in [-0.2, 0) is 11.3 Å². The molecule has 2 aromatic heterocycles. The largest absolute Gasteiger partial charge is 0.384 e. The van der Waals surface area contributed by atoms with Crippen LogP contribution in [0.1, 0.15) is 22.7 Å². The maximum Gasteiger partial charge on any atom is 0.145 e. The van der Waals surface area contributed by atoms with Crippen LogP contribution in [0.2, 0.25) is 5.15 Å². The SMILES string of the molecule is COCC1CCN(Cc2nc(Cl)c3c(C)c(C)sc3n2)C1. The summed E-state index contributed by atoms with van der Waals surface area (Å²) in [6.45, 7) is 7.92. The van der Waals surface area contributed by atoms with Crippen molar-refractivity contribution in [2.75, 3.05) is 26.8 Å². The molecule has 1 aliphatic heterocycles. The molecule has 1 unspecified atom stereocenters. The van der Waals surface area contributed by atoms with Crippen molar-refractivity contribution in [3.63, 3.8) is 0 Å². The van der Waals surface area contributed by atoms with E-state index in [1.165, 1.54) is 16.9 Å². The standard InChI is InChI=1S/C15H20ClN3OS/c1-9-10(2)21-15-13(9)14(16)17-12(18-15)7-19-5-4-11(6-19)8-20-3/h11H,4-8H2,1-3H3. The molecule has 0 bridgehead atoms. The molecule has 0 saturated carbocycles. The fourth-order valence-electron chi connectivity index (χ4n) is 2.94. The lowest BCUT2D eigenvalue weighted by atomic mass is 10.1. The van der Waals surface area contributed by atoms with Crippen molar-refractivity contribution < 1.29 is 4.74 Å². The van der Waals surface area contributed by atoms with E-state index in [-0.39, 0.29) is 0 Å². The van der Waals surface area contributed by atoms with Crippen LogP contribution in [0.3, 0.4) is 0 Å². The van der Waals surface area contributed by atoms with Crippen molar-refractivity contribution >= 4 is 33.2 Å². The number of methoxy groups -OCH3 is 1. The molecule has 0 N–H and O–H groups in total. The van der Waals surface area contributed by atoms with Crippen molar-refractivity contribution in [2.24, 2.45) is 5.92 Å². The summed E-state index contributed by atoms with van der Waals surface area (Å²) < 4.78 is 5.24. The molecular formula is C15H20ClN3OS. The third-order valence-electron chi connectivity index (χ3n) is 4.17. The van der Waals surface area contributed by atoms with Crippen molar-refractivity contribution in [3.8, 4) is 0 Å². The molecule has 1 saturated heterocycles. The number of hydrogen-bond donors (Lipinski definition) is 0. The van der Waals surface area contributed by atoms with Crippen LogP contribution in [-0.4, -0.2) is 41.7 Å². The van der Waals surface area contributed by atoms with Crippen LogP contribution in [0.25, 0.3) is 10.2 Å². The number of halogens is 1. The van der Waals surface area contributed by atoms with Gasteiger partial charge in [-0.15, -0.1) is 11.3 Å². The maximum atomic E-state index is 6.36. The molecule has 1 atom stereocenters. The van der Waals surface area contributed by atoms with Gasteiger partial charge in [0.1, 0.15) is 15.8 Å². The third kappa shape index (κ3) is 3.06. The molecule has 1 fully saturated rings. The van der Waals surface area contributed by atoms with Gasteiger partial charge in [0, 0.05) is 18.5 Å².